The van der Waals surface area contributed by atoms with E-state index in [2.05, 4.69) is 20.5 Å². The van der Waals surface area contributed by atoms with E-state index in [9.17, 15) is 18.5 Å². The molecule has 0 bridgehead atoms. The molecule has 0 aliphatic heterocycles. The van der Waals surface area contributed by atoms with E-state index in [0.29, 0.717) is 11.6 Å². The van der Waals surface area contributed by atoms with Gasteiger partial charge >= 0.3 is 0 Å². The second-order valence-corrected chi connectivity index (χ2v) is 8.61. The van der Waals surface area contributed by atoms with Crippen LogP contribution in [0.2, 0.25) is 0 Å². The van der Waals surface area contributed by atoms with Gasteiger partial charge in [0.25, 0.3) is 11.5 Å². The highest BCUT2D eigenvalue weighted by Gasteiger charge is 2.25. The molecule has 0 radical (unpaired) electrons. The smallest absolute Gasteiger partial charge is 0.293 e. The highest BCUT2D eigenvalue weighted by atomic mass is 32.2. The fourth-order valence-electron chi connectivity index (χ4n) is 3.27. The van der Waals surface area contributed by atoms with Crippen LogP contribution in [0.1, 0.15) is 31.1 Å². The predicted octanol–water partition coefficient (Wildman–Crippen LogP) is 2.29. The van der Waals surface area contributed by atoms with Gasteiger partial charge in [-0.25, -0.2) is 13.4 Å². The maximum Gasteiger partial charge on any atom is 0.293 e. The zero-order valence-corrected chi connectivity index (χ0v) is 18.0. The molecule has 2 aromatic heterocycles. The first-order chi connectivity index (χ1) is 14.2. The number of nitro benzene ring substituents is 1. The Morgan fingerprint density at radius 3 is 2.50 bits per heavy atom. The molecule has 0 fully saturated rings. The molecule has 12 heteroatoms. The molecular formula is C18H23N7O4S. The highest BCUT2D eigenvalue weighted by molar-refractivity contribution is 7.89. The molecule has 11 nitrogen and oxygen atoms in total. The van der Waals surface area contributed by atoms with Crippen molar-refractivity contribution in [2.75, 3.05) is 18.4 Å². The number of rotatable bonds is 8. The molecule has 3 rings (SSSR count). The Hall–Kier alpha value is -3.12. The van der Waals surface area contributed by atoms with Crippen LogP contribution < -0.4 is 5.32 Å². The summed E-state index contributed by atoms with van der Waals surface area (Å²) in [5.41, 5.74) is 1.55. The fraction of sp³-hybridized carbons (Fsp3) is 0.389. The third-order valence-corrected chi connectivity index (χ3v) is 6.75. The molecule has 0 saturated heterocycles. The molecule has 0 unspecified atom stereocenters. The predicted molar refractivity (Wildman–Crippen MR) is 111 cm³/mol. The number of aromatic nitrogens is 4. The van der Waals surface area contributed by atoms with Crippen molar-refractivity contribution in [3.05, 3.63) is 51.6 Å². The zero-order valence-electron chi connectivity index (χ0n) is 17.2. The lowest BCUT2D eigenvalue weighted by atomic mass is 10.2. The molecule has 0 aliphatic carbocycles. The monoisotopic (exact) mass is 433 g/mol. The molecule has 160 valence electrons. The minimum Gasteiger partial charge on any atom is -0.372 e. The molecule has 0 saturated carbocycles. The number of hydrogen-bond acceptors (Lipinski definition) is 8. The molecule has 0 amide bonds. The van der Waals surface area contributed by atoms with Crippen molar-refractivity contribution in [3.63, 3.8) is 0 Å². The number of sulfonamides is 1. The van der Waals surface area contributed by atoms with Gasteiger partial charge in [-0.1, -0.05) is 13.8 Å². The molecule has 1 N–H and O–H groups in total. The van der Waals surface area contributed by atoms with Crippen LogP contribution in [0.3, 0.4) is 0 Å². The van der Waals surface area contributed by atoms with Crippen molar-refractivity contribution in [1.29, 1.82) is 0 Å². The summed E-state index contributed by atoms with van der Waals surface area (Å²) in [6, 6.07) is 5.72. The Balaban J connectivity index is 1.93. The molecule has 1 aromatic carbocycles. The van der Waals surface area contributed by atoms with Crippen LogP contribution in [0.15, 0.2) is 29.2 Å². The summed E-state index contributed by atoms with van der Waals surface area (Å²) in [5.74, 6) is 0.976. The number of fused-ring (bicyclic) bond motifs is 1. The van der Waals surface area contributed by atoms with Gasteiger partial charge in [0.15, 0.2) is 5.82 Å². The number of nitro groups is 1. The van der Waals surface area contributed by atoms with Gasteiger partial charge in [-0.05, 0) is 32.0 Å². The first-order valence-electron chi connectivity index (χ1n) is 9.39. The van der Waals surface area contributed by atoms with Crippen LogP contribution in [0.25, 0.3) is 5.78 Å². The van der Waals surface area contributed by atoms with Crippen LogP contribution >= 0.6 is 0 Å². The van der Waals surface area contributed by atoms with Gasteiger partial charge in [0.2, 0.25) is 10.0 Å². The van der Waals surface area contributed by atoms with Crippen LogP contribution in [-0.2, 0) is 16.6 Å². The second kappa shape index (κ2) is 8.32. The molecule has 0 atom stereocenters. The number of benzene rings is 1. The van der Waals surface area contributed by atoms with Gasteiger partial charge in [0.05, 0.1) is 16.4 Å². The van der Waals surface area contributed by atoms with Gasteiger partial charge in [-0.2, -0.15) is 4.31 Å². The van der Waals surface area contributed by atoms with Crippen molar-refractivity contribution in [2.24, 2.45) is 0 Å². The molecule has 0 spiro atoms. The van der Waals surface area contributed by atoms with Crippen LogP contribution in [0.5, 0.6) is 0 Å². The van der Waals surface area contributed by atoms with E-state index in [1.807, 2.05) is 19.9 Å². The Bertz CT molecular complexity index is 1200. The summed E-state index contributed by atoms with van der Waals surface area (Å²) in [6.07, 6.45) is 0. The maximum atomic E-state index is 12.7. The molecule has 0 aliphatic rings. The quantitative estimate of drug-likeness (QED) is 0.422. The first-order valence-corrected chi connectivity index (χ1v) is 10.8. The zero-order chi connectivity index (χ0) is 22.1. The van der Waals surface area contributed by atoms with E-state index >= 15 is 0 Å². The Kier molecular flexibility index (Phi) is 5.99. The summed E-state index contributed by atoms with van der Waals surface area (Å²) in [6.45, 7) is 7.88. The summed E-state index contributed by atoms with van der Waals surface area (Å²) < 4.78 is 28.4. The van der Waals surface area contributed by atoms with E-state index in [4.69, 9.17) is 0 Å². The summed E-state index contributed by atoms with van der Waals surface area (Å²) in [7, 11) is -3.80. The Labute approximate surface area is 174 Å². The van der Waals surface area contributed by atoms with Crippen molar-refractivity contribution < 1.29 is 13.3 Å². The lowest BCUT2D eigenvalue weighted by Crippen LogP contribution is -2.30. The molecular weight excluding hydrogens is 410 g/mol. The first kappa shape index (κ1) is 21.6. The van der Waals surface area contributed by atoms with Gasteiger partial charge in [-0.3, -0.25) is 14.5 Å². The summed E-state index contributed by atoms with van der Waals surface area (Å²) in [4.78, 5) is 15.2. The minimum absolute atomic E-state index is 0.119. The van der Waals surface area contributed by atoms with Crippen molar-refractivity contribution in [2.45, 2.75) is 39.1 Å². The standard InChI is InChI=1S/C18H23N7O4S/c1-5-23(6-2)30(28,29)14-7-8-15(16(10-14)25(26)27)19-11-17-21-22-18-20-12(3)9-13(4)24(17)18/h7-10,19H,5-6,11H2,1-4H3. The Morgan fingerprint density at radius 1 is 1.17 bits per heavy atom. The molecule has 3 aromatic rings. The molecule has 2 heterocycles. The number of nitrogens with zero attached hydrogens (tertiary/aromatic N) is 6. The van der Waals surface area contributed by atoms with Gasteiger partial charge in [0.1, 0.15) is 5.69 Å². The third-order valence-electron chi connectivity index (χ3n) is 4.71. The average molecular weight is 433 g/mol. The van der Waals surface area contributed by atoms with Gasteiger partial charge < -0.3 is 5.32 Å². The number of anilines is 1. The van der Waals surface area contributed by atoms with E-state index in [1.54, 1.807) is 18.2 Å². The SMILES string of the molecule is CCN(CC)S(=O)(=O)c1ccc(NCc2nnc3nc(C)cc(C)n23)c([N+](=O)[O-])c1. The van der Waals surface area contributed by atoms with Gasteiger partial charge in [0, 0.05) is 30.5 Å². The third kappa shape index (κ3) is 3.96. The lowest BCUT2D eigenvalue weighted by molar-refractivity contribution is -0.384. The van der Waals surface area contributed by atoms with E-state index < -0.39 is 14.9 Å². The van der Waals surface area contributed by atoms with Crippen LogP contribution in [-0.4, -0.2) is 50.3 Å². The summed E-state index contributed by atoms with van der Waals surface area (Å²) in [5, 5.41) is 22.7. The average Bonchev–Trinajstić information content (AvgIpc) is 3.09. The fourth-order valence-corrected chi connectivity index (χ4v) is 4.75. The highest BCUT2D eigenvalue weighted by Crippen LogP contribution is 2.29. The minimum atomic E-state index is -3.80. The number of nitrogens with one attached hydrogen (secondary N) is 1. The van der Waals surface area contributed by atoms with E-state index in [1.165, 1.54) is 16.4 Å². The topological polar surface area (TPSA) is 136 Å². The number of aryl methyl sites for hydroxylation is 2. The van der Waals surface area contributed by atoms with Crippen molar-refractivity contribution >= 4 is 27.2 Å². The summed E-state index contributed by atoms with van der Waals surface area (Å²) >= 11 is 0. The van der Waals surface area contributed by atoms with E-state index in [0.717, 1.165) is 17.5 Å². The maximum absolute atomic E-state index is 12.7. The largest absolute Gasteiger partial charge is 0.372 e. The van der Waals surface area contributed by atoms with E-state index in [-0.39, 0.29) is 35.9 Å². The van der Waals surface area contributed by atoms with Crippen LogP contribution in [0, 0.1) is 24.0 Å². The van der Waals surface area contributed by atoms with Crippen molar-refractivity contribution in [1.82, 2.24) is 23.9 Å². The van der Waals surface area contributed by atoms with Crippen molar-refractivity contribution in [3.8, 4) is 0 Å². The normalized spacial score (nSPS) is 11.9. The lowest BCUT2D eigenvalue weighted by Gasteiger charge is -2.18. The Morgan fingerprint density at radius 2 is 1.87 bits per heavy atom. The van der Waals surface area contributed by atoms with Crippen LogP contribution in [0.4, 0.5) is 11.4 Å². The second-order valence-electron chi connectivity index (χ2n) is 6.67. The molecule has 30 heavy (non-hydrogen) atoms. The van der Waals surface area contributed by atoms with Gasteiger partial charge in [-0.15, -0.1) is 10.2 Å². The number of hydrogen-bond donors (Lipinski definition) is 1.